The number of para-hydroxylation sites is 1. The van der Waals surface area contributed by atoms with Crippen molar-refractivity contribution in [1.29, 1.82) is 0 Å². The highest BCUT2D eigenvalue weighted by atomic mass is 16.2. The number of nitrogens with zero attached hydrogens (tertiary/aromatic N) is 5. The molecule has 2 heterocycles. The van der Waals surface area contributed by atoms with Crippen LogP contribution in [-0.4, -0.2) is 49.8 Å². The Labute approximate surface area is 271 Å². The molecule has 46 heavy (non-hydrogen) atoms. The number of benzene rings is 4. The summed E-state index contributed by atoms with van der Waals surface area (Å²) in [7, 11) is 8.20. The molecule has 2 aliphatic rings. The van der Waals surface area contributed by atoms with Gasteiger partial charge in [-0.2, -0.15) is 5.10 Å². The minimum atomic E-state index is -0.203. The predicted octanol–water partition coefficient (Wildman–Crippen LogP) is 8.47. The fourth-order valence-corrected chi connectivity index (χ4v) is 6.77. The number of allylic oxidation sites excluding steroid dienone is 1. The molecule has 1 fully saturated rings. The Bertz CT molecular complexity index is 1940. The van der Waals surface area contributed by atoms with Crippen molar-refractivity contribution < 1.29 is 4.79 Å². The number of hydrogen-bond acceptors (Lipinski definition) is 5. The highest BCUT2D eigenvalue weighted by Crippen LogP contribution is 2.45. The molecule has 0 spiro atoms. The van der Waals surface area contributed by atoms with Crippen molar-refractivity contribution in [2.45, 2.75) is 25.3 Å². The van der Waals surface area contributed by atoms with Crippen molar-refractivity contribution in [1.82, 2.24) is 9.99 Å². The SMILES string of the molecule is CN(C)c1ccc(/C=C2\CCCC3C2=NN(C(=O)c2cc(-c4ccccc4)nc4ccccc24)C3c2ccc(N(C)C)cc2)cc1. The number of pyridine rings is 1. The first-order valence-electron chi connectivity index (χ1n) is 16.0. The Hall–Kier alpha value is -5.23. The van der Waals surface area contributed by atoms with Crippen LogP contribution in [0.4, 0.5) is 11.4 Å². The molecule has 6 nitrogen and oxygen atoms in total. The maximum absolute atomic E-state index is 14.9. The van der Waals surface area contributed by atoms with Crippen molar-refractivity contribution in [2.24, 2.45) is 11.0 Å². The van der Waals surface area contributed by atoms with E-state index in [2.05, 4.69) is 78.5 Å². The van der Waals surface area contributed by atoms with E-state index in [-0.39, 0.29) is 17.9 Å². The molecule has 4 aromatic carbocycles. The smallest absolute Gasteiger partial charge is 0.275 e. The lowest BCUT2D eigenvalue weighted by atomic mass is 9.77. The van der Waals surface area contributed by atoms with Crippen LogP contribution in [0.25, 0.3) is 28.2 Å². The first kappa shape index (κ1) is 29.5. The quantitative estimate of drug-likeness (QED) is 0.195. The fraction of sp³-hybridized carbons (Fsp3) is 0.225. The summed E-state index contributed by atoms with van der Waals surface area (Å²) in [5, 5.41) is 7.83. The molecule has 0 bridgehead atoms. The van der Waals surface area contributed by atoms with Gasteiger partial charge in [-0.1, -0.05) is 72.8 Å². The first-order valence-corrected chi connectivity index (χ1v) is 16.0. The van der Waals surface area contributed by atoms with E-state index in [9.17, 15) is 4.79 Å². The van der Waals surface area contributed by atoms with Gasteiger partial charge in [0, 0.05) is 56.4 Å². The molecular formula is C40H39N5O. The van der Waals surface area contributed by atoms with Gasteiger partial charge in [0.2, 0.25) is 0 Å². The summed E-state index contributed by atoms with van der Waals surface area (Å²) in [6.07, 6.45) is 5.23. The van der Waals surface area contributed by atoms with Gasteiger partial charge in [0.25, 0.3) is 5.91 Å². The van der Waals surface area contributed by atoms with E-state index in [1.165, 1.54) is 11.3 Å². The molecule has 5 aromatic rings. The molecule has 0 saturated heterocycles. The van der Waals surface area contributed by atoms with E-state index >= 15 is 0 Å². The minimum Gasteiger partial charge on any atom is -0.378 e. The highest BCUT2D eigenvalue weighted by molar-refractivity contribution is 6.12. The van der Waals surface area contributed by atoms with E-state index in [0.717, 1.165) is 63.9 Å². The number of amides is 1. The van der Waals surface area contributed by atoms with Crippen LogP contribution in [0.2, 0.25) is 0 Å². The second-order valence-electron chi connectivity index (χ2n) is 12.7. The van der Waals surface area contributed by atoms with Crippen molar-refractivity contribution in [3.8, 4) is 11.3 Å². The van der Waals surface area contributed by atoms with Gasteiger partial charge in [-0.25, -0.2) is 9.99 Å². The Balaban J connectivity index is 1.35. The third kappa shape index (κ3) is 5.56. The van der Waals surface area contributed by atoms with Crippen LogP contribution in [0.3, 0.4) is 0 Å². The van der Waals surface area contributed by atoms with Gasteiger partial charge in [-0.05, 0) is 78.4 Å². The van der Waals surface area contributed by atoms with Gasteiger partial charge in [0.15, 0.2) is 0 Å². The van der Waals surface area contributed by atoms with Crippen LogP contribution in [0.5, 0.6) is 0 Å². The predicted molar refractivity (Wildman–Crippen MR) is 190 cm³/mol. The molecule has 0 N–H and O–H groups in total. The van der Waals surface area contributed by atoms with E-state index in [1.54, 1.807) is 5.01 Å². The summed E-state index contributed by atoms with van der Waals surface area (Å²) in [4.78, 5) is 24.0. The highest BCUT2D eigenvalue weighted by Gasteiger charge is 2.44. The molecule has 6 heteroatoms. The summed E-state index contributed by atoms with van der Waals surface area (Å²) >= 11 is 0. The van der Waals surface area contributed by atoms with Crippen LogP contribution in [-0.2, 0) is 0 Å². The average Bonchev–Trinajstić information content (AvgIpc) is 3.49. The van der Waals surface area contributed by atoms with Crippen LogP contribution >= 0.6 is 0 Å². The van der Waals surface area contributed by atoms with E-state index < -0.39 is 0 Å². The molecule has 1 aliphatic heterocycles. The number of hydrogen-bond donors (Lipinski definition) is 0. The molecule has 1 saturated carbocycles. The lowest BCUT2D eigenvalue weighted by molar-refractivity contribution is 0.0683. The average molecular weight is 606 g/mol. The molecule has 7 rings (SSSR count). The maximum Gasteiger partial charge on any atom is 0.275 e. The topological polar surface area (TPSA) is 52.0 Å². The summed E-state index contributed by atoms with van der Waals surface area (Å²) in [5.41, 5.74) is 9.94. The van der Waals surface area contributed by atoms with Gasteiger partial charge in [-0.3, -0.25) is 4.79 Å². The van der Waals surface area contributed by atoms with Crippen molar-refractivity contribution in [3.63, 3.8) is 0 Å². The monoisotopic (exact) mass is 605 g/mol. The molecular weight excluding hydrogens is 566 g/mol. The molecule has 230 valence electrons. The standard InChI is InChI=1S/C40H39N5O/c1-43(2)31-21-17-27(18-22-31)25-30-13-10-15-34-38(30)42-45(39(34)29-19-23-32(24-20-29)44(3)4)40(46)35-26-37(28-11-6-5-7-12-28)41-36-16-9-8-14-33(35)36/h5-9,11-12,14,16-26,34,39H,10,13,15H2,1-4H3/b30-25+. The third-order valence-electron chi connectivity index (χ3n) is 9.23. The van der Waals surface area contributed by atoms with E-state index in [1.807, 2.05) is 74.8 Å². The normalized spacial score (nSPS) is 18.4. The van der Waals surface area contributed by atoms with Gasteiger partial charge in [-0.15, -0.1) is 0 Å². The lowest BCUT2D eigenvalue weighted by Gasteiger charge is -2.30. The second kappa shape index (κ2) is 12.3. The number of rotatable bonds is 6. The summed E-state index contributed by atoms with van der Waals surface area (Å²) < 4.78 is 0. The van der Waals surface area contributed by atoms with Crippen LogP contribution in [0.15, 0.2) is 120 Å². The van der Waals surface area contributed by atoms with E-state index in [0.29, 0.717) is 5.56 Å². The van der Waals surface area contributed by atoms with Crippen molar-refractivity contribution in [2.75, 3.05) is 38.0 Å². The zero-order valence-electron chi connectivity index (χ0n) is 26.9. The second-order valence-corrected chi connectivity index (χ2v) is 12.7. The van der Waals surface area contributed by atoms with Crippen LogP contribution < -0.4 is 9.80 Å². The number of fused-ring (bicyclic) bond motifs is 2. The van der Waals surface area contributed by atoms with E-state index in [4.69, 9.17) is 10.1 Å². The van der Waals surface area contributed by atoms with Crippen molar-refractivity contribution in [3.05, 3.63) is 131 Å². The molecule has 1 aromatic heterocycles. The number of carbonyl (C=O) groups is 1. The van der Waals surface area contributed by atoms with Gasteiger partial charge in [0.1, 0.15) is 0 Å². The van der Waals surface area contributed by atoms with Gasteiger partial charge in [0.05, 0.1) is 28.5 Å². The summed E-state index contributed by atoms with van der Waals surface area (Å²) in [5.74, 6) is 0.00551. The number of aromatic nitrogens is 1. The summed E-state index contributed by atoms with van der Waals surface area (Å²) in [6.45, 7) is 0. The molecule has 1 aliphatic carbocycles. The molecule has 2 unspecified atom stereocenters. The third-order valence-corrected chi connectivity index (χ3v) is 9.23. The number of anilines is 2. The van der Waals surface area contributed by atoms with Gasteiger partial charge >= 0.3 is 0 Å². The molecule has 1 amide bonds. The minimum absolute atomic E-state index is 0.103. The van der Waals surface area contributed by atoms with Crippen LogP contribution in [0, 0.1) is 5.92 Å². The molecule has 0 radical (unpaired) electrons. The zero-order valence-corrected chi connectivity index (χ0v) is 26.9. The molecule has 2 atom stereocenters. The summed E-state index contributed by atoms with van der Waals surface area (Å²) in [6, 6.07) is 36.9. The number of hydrazone groups is 1. The Morgan fingerprint density at radius 2 is 1.46 bits per heavy atom. The van der Waals surface area contributed by atoms with Gasteiger partial charge < -0.3 is 9.80 Å². The Morgan fingerprint density at radius 1 is 0.804 bits per heavy atom. The Kier molecular flexibility index (Phi) is 7.87. The zero-order chi connectivity index (χ0) is 31.8. The Morgan fingerprint density at radius 3 is 2.15 bits per heavy atom. The first-order chi connectivity index (χ1) is 22.4. The maximum atomic E-state index is 14.9. The largest absolute Gasteiger partial charge is 0.378 e. The van der Waals surface area contributed by atoms with Crippen molar-refractivity contribution >= 4 is 40.0 Å². The lowest BCUT2D eigenvalue weighted by Crippen LogP contribution is -2.32. The number of carbonyl (C=O) groups excluding carboxylic acids is 1. The van der Waals surface area contributed by atoms with Crippen LogP contribution in [0.1, 0.15) is 46.8 Å². The fourth-order valence-electron chi connectivity index (χ4n) is 6.77.